The molecule has 0 aliphatic heterocycles. The number of nitrogens with zero attached hydrogens (tertiary/aromatic N) is 4. The third kappa shape index (κ3) is 3.53. The van der Waals surface area contributed by atoms with Gasteiger partial charge in [0.2, 0.25) is 0 Å². The van der Waals surface area contributed by atoms with Gasteiger partial charge in [0.1, 0.15) is 11.4 Å². The number of fused-ring (bicyclic) bond motifs is 1. The number of carbonyl (C=O) groups is 1. The molecule has 0 aliphatic rings. The molecule has 3 heterocycles. The van der Waals surface area contributed by atoms with E-state index in [0.717, 1.165) is 5.65 Å². The normalized spacial score (nSPS) is 10.2. The number of benzene rings is 1. The highest BCUT2D eigenvalue weighted by atomic mass is 32.1. The number of rotatable bonds is 2. The van der Waals surface area contributed by atoms with E-state index in [0.29, 0.717) is 21.5 Å². The van der Waals surface area contributed by atoms with Crippen LogP contribution in [0.25, 0.3) is 5.65 Å². The van der Waals surface area contributed by atoms with Crippen molar-refractivity contribution >= 4 is 28.2 Å². The summed E-state index contributed by atoms with van der Waals surface area (Å²) in [6.07, 6.45) is 4.32. The molecule has 1 N–H and O–H groups in total. The van der Waals surface area contributed by atoms with Crippen LogP contribution in [0, 0.1) is 11.8 Å². The summed E-state index contributed by atoms with van der Waals surface area (Å²) >= 11 is 1.25. The fourth-order valence-electron chi connectivity index (χ4n) is 2.14. The van der Waals surface area contributed by atoms with Crippen molar-refractivity contribution in [1.29, 1.82) is 0 Å². The van der Waals surface area contributed by atoms with E-state index >= 15 is 0 Å². The van der Waals surface area contributed by atoms with Crippen LogP contribution >= 0.6 is 11.3 Å². The van der Waals surface area contributed by atoms with E-state index in [1.165, 1.54) is 11.3 Å². The molecule has 1 amide bonds. The molecule has 0 spiro atoms. The molecule has 7 nitrogen and oxygen atoms in total. The van der Waals surface area contributed by atoms with Crippen LogP contribution in [0.4, 0.5) is 9.93 Å². The van der Waals surface area contributed by atoms with Gasteiger partial charge < -0.3 is 4.74 Å². The summed E-state index contributed by atoms with van der Waals surface area (Å²) in [6.45, 7) is 0. The Hall–Kier alpha value is -3.70. The van der Waals surface area contributed by atoms with E-state index in [-0.39, 0.29) is 0 Å². The quantitative estimate of drug-likeness (QED) is 0.555. The largest absolute Gasteiger partial charge is 0.418 e. The molecule has 4 aromatic rings. The molecule has 0 fully saturated rings. The van der Waals surface area contributed by atoms with E-state index in [1.54, 1.807) is 47.4 Å². The molecular weight excluding hydrogens is 350 g/mol. The molecule has 0 aliphatic carbocycles. The molecule has 0 atom stereocenters. The highest BCUT2D eigenvalue weighted by molar-refractivity contribution is 7.16. The minimum atomic E-state index is -0.601. The number of para-hydroxylation sites is 1. The second kappa shape index (κ2) is 7.04. The van der Waals surface area contributed by atoms with Crippen molar-refractivity contribution in [2.24, 2.45) is 0 Å². The maximum Gasteiger partial charge on any atom is 0.418 e. The van der Waals surface area contributed by atoms with Crippen molar-refractivity contribution in [2.45, 2.75) is 0 Å². The maximum absolute atomic E-state index is 11.9. The molecule has 4 rings (SSSR count). The molecule has 0 saturated carbocycles. The predicted octanol–water partition coefficient (Wildman–Crippen LogP) is 3.20. The number of amides is 1. The van der Waals surface area contributed by atoms with Crippen LogP contribution in [0.2, 0.25) is 0 Å². The van der Waals surface area contributed by atoms with Crippen molar-refractivity contribution in [3.8, 4) is 17.6 Å². The van der Waals surface area contributed by atoms with Crippen LogP contribution in [-0.2, 0) is 0 Å². The minimum Gasteiger partial charge on any atom is -0.410 e. The first-order valence-corrected chi connectivity index (χ1v) is 8.40. The number of hydrogen-bond donors (Lipinski definition) is 1. The molecule has 126 valence electrons. The zero-order valence-corrected chi connectivity index (χ0v) is 14.1. The SMILES string of the molecule is O=C(Nc1ncc(C#Cc2cnc3cccnn23)s1)Oc1ccccc1. The van der Waals surface area contributed by atoms with Crippen LogP contribution < -0.4 is 10.1 Å². The van der Waals surface area contributed by atoms with Crippen LogP contribution in [0.15, 0.2) is 61.1 Å². The third-order valence-corrected chi connectivity index (χ3v) is 4.09. The summed E-state index contributed by atoms with van der Waals surface area (Å²) in [5, 5.41) is 7.19. The second-order valence-electron chi connectivity index (χ2n) is 5.04. The summed E-state index contributed by atoms with van der Waals surface area (Å²) in [6, 6.07) is 12.5. The summed E-state index contributed by atoms with van der Waals surface area (Å²) < 4.78 is 6.81. The number of imidazole rings is 1. The Labute approximate surface area is 152 Å². The van der Waals surface area contributed by atoms with Gasteiger partial charge in [-0.2, -0.15) is 5.10 Å². The Morgan fingerprint density at radius 2 is 1.96 bits per heavy atom. The topological polar surface area (TPSA) is 81.4 Å². The lowest BCUT2D eigenvalue weighted by Gasteiger charge is -2.03. The van der Waals surface area contributed by atoms with Crippen LogP contribution in [0.3, 0.4) is 0 Å². The molecule has 0 unspecified atom stereocenters. The van der Waals surface area contributed by atoms with Gasteiger partial charge in [0.15, 0.2) is 10.8 Å². The Kier molecular flexibility index (Phi) is 4.28. The maximum atomic E-state index is 11.9. The van der Waals surface area contributed by atoms with Gasteiger partial charge >= 0.3 is 6.09 Å². The van der Waals surface area contributed by atoms with Gasteiger partial charge in [-0.1, -0.05) is 29.5 Å². The number of anilines is 1. The molecule has 1 aromatic carbocycles. The summed E-state index contributed by atoms with van der Waals surface area (Å²) in [4.78, 5) is 20.9. The summed E-state index contributed by atoms with van der Waals surface area (Å²) in [7, 11) is 0. The fourth-order valence-corrected chi connectivity index (χ4v) is 2.79. The Bertz CT molecular complexity index is 1120. The molecule has 8 heteroatoms. The number of nitrogens with one attached hydrogen (secondary N) is 1. The van der Waals surface area contributed by atoms with Crippen molar-refractivity contribution in [3.63, 3.8) is 0 Å². The van der Waals surface area contributed by atoms with Crippen molar-refractivity contribution in [2.75, 3.05) is 5.32 Å². The van der Waals surface area contributed by atoms with Crippen molar-refractivity contribution in [1.82, 2.24) is 19.6 Å². The number of ether oxygens (including phenoxy) is 1. The summed E-state index contributed by atoms with van der Waals surface area (Å²) in [5.41, 5.74) is 1.40. The first-order chi connectivity index (χ1) is 12.8. The monoisotopic (exact) mass is 361 g/mol. The highest BCUT2D eigenvalue weighted by Crippen LogP contribution is 2.18. The lowest BCUT2D eigenvalue weighted by Crippen LogP contribution is -2.16. The second-order valence-corrected chi connectivity index (χ2v) is 6.07. The van der Waals surface area contributed by atoms with E-state index in [1.807, 2.05) is 18.2 Å². The van der Waals surface area contributed by atoms with Gasteiger partial charge in [-0.3, -0.25) is 5.32 Å². The Morgan fingerprint density at radius 3 is 2.85 bits per heavy atom. The highest BCUT2D eigenvalue weighted by Gasteiger charge is 2.08. The average Bonchev–Trinajstić information content (AvgIpc) is 3.27. The molecule has 0 radical (unpaired) electrons. The van der Waals surface area contributed by atoms with Gasteiger partial charge in [0, 0.05) is 6.20 Å². The van der Waals surface area contributed by atoms with Gasteiger partial charge in [-0.25, -0.2) is 19.3 Å². The zero-order valence-electron chi connectivity index (χ0n) is 13.3. The van der Waals surface area contributed by atoms with Gasteiger partial charge in [-0.05, 0) is 36.1 Å². The van der Waals surface area contributed by atoms with Gasteiger partial charge in [0.25, 0.3) is 0 Å². The molecule has 3 aromatic heterocycles. The Balaban J connectivity index is 1.45. The minimum absolute atomic E-state index is 0.409. The molecule has 26 heavy (non-hydrogen) atoms. The van der Waals surface area contributed by atoms with E-state index < -0.39 is 6.09 Å². The van der Waals surface area contributed by atoms with Crippen molar-refractivity contribution < 1.29 is 9.53 Å². The lowest BCUT2D eigenvalue weighted by molar-refractivity contribution is 0.215. The Morgan fingerprint density at radius 1 is 1.08 bits per heavy atom. The molecule has 0 bridgehead atoms. The van der Waals surface area contributed by atoms with Gasteiger partial charge in [0.05, 0.1) is 17.3 Å². The predicted molar refractivity (Wildman–Crippen MR) is 97.2 cm³/mol. The van der Waals surface area contributed by atoms with Gasteiger partial charge in [-0.15, -0.1) is 0 Å². The lowest BCUT2D eigenvalue weighted by atomic mass is 10.3. The average molecular weight is 361 g/mol. The van der Waals surface area contributed by atoms with E-state index in [4.69, 9.17) is 4.74 Å². The zero-order chi connectivity index (χ0) is 17.8. The van der Waals surface area contributed by atoms with Crippen molar-refractivity contribution in [3.05, 3.63) is 71.6 Å². The van der Waals surface area contributed by atoms with Crippen LogP contribution in [-0.4, -0.2) is 25.7 Å². The van der Waals surface area contributed by atoms with Crippen LogP contribution in [0.5, 0.6) is 5.75 Å². The number of aromatic nitrogens is 4. The first-order valence-electron chi connectivity index (χ1n) is 7.58. The van der Waals surface area contributed by atoms with E-state index in [2.05, 4.69) is 32.2 Å². The van der Waals surface area contributed by atoms with E-state index in [9.17, 15) is 4.79 Å². The summed E-state index contributed by atoms with van der Waals surface area (Å²) in [5.74, 6) is 6.46. The first kappa shape index (κ1) is 15.8. The standard InChI is InChI=1S/C18H11N5O2S/c24-18(25-14-5-2-1-3-6-14)22-17-20-12-15(26-17)9-8-13-11-19-16-7-4-10-21-23(13)16/h1-7,10-12H,(H,20,22,24). The fraction of sp³-hybridized carbons (Fsp3) is 0. The molecule has 0 saturated heterocycles. The van der Waals surface area contributed by atoms with Crippen LogP contribution in [0.1, 0.15) is 10.6 Å². The third-order valence-electron chi connectivity index (χ3n) is 3.26. The molecular formula is C18H11N5O2S. The number of carbonyl (C=O) groups excluding carboxylic acids is 1. The smallest absolute Gasteiger partial charge is 0.410 e. The number of hydrogen-bond acceptors (Lipinski definition) is 6. The number of thiazole rings is 1.